The van der Waals surface area contributed by atoms with Crippen LogP contribution >= 0.6 is 0 Å². The van der Waals surface area contributed by atoms with Crippen molar-refractivity contribution in [2.45, 2.75) is 25.7 Å². The van der Waals surface area contributed by atoms with E-state index >= 15 is 0 Å². The van der Waals surface area contributed by atoms with E-state index in [1.54, 1.807) is 29.2 Å². The summed E-state index contributed by atoms with van der Waals surface area (Å²) in [5.41, 5.74) is 3.47. The Balaban J connectivity index is 1.19. The van der Waals surface area contributed by atoms with Crippen molar-refractivity contribution in [3.63, 3.8) is 0 Å². The number of aromatic nitrogens is 1. The maximum Gasteiger partial charge on any atom is 0.257 e. The molecule has 0 saturated carbocycles. The molecule has 0 saturated heterocycles. The predicted octanol–water partition coefficient (Wildman–Crippen LogP) is 3.05. The second kappa shape index (κ2) is 10.4. The van der Waals surface area contributed by atoms with E-state index in [0.717, 1.165) is 25.7 Å². The summed E-state index contributed by atoms with van der Waals surface area (Å²) in [6.45, 7) is 3.17. The molecule has 0 bridgehead atoms. The largest absolute Gasteiger partial charge is 0.491 e. The smallest absolute Gasteiger partial charge is 0.257 e. The molecule has 3 aromatic rings. The van der Waals surface area contributed by atoms with Crippen LogP contribution in [0.4, 0.5) is 4.39 Å². The van der Waals surface area contributed by atoms with Crippen LogP contribution in [-0.2, 0) is 19.6 Å². The maximum absolute atomic E-state index is 13.8. The van der Waals surface area contributed by atoms with Gasteiger partial charge >= 0.3 is 0 Å². The first-order valence-electron chi connectivity index (χ1n) is 11.8. The Bertz CT molecular complexity index is 1200. The lowest BCUT2D eigenvalue weighted by Gasteiger charge is -2.32. The fraction of sp³-hybridized carbons (Fsp3) is 0.333. The topological polar surface area (TPSA) is 75.1 Å². The van der Waals surface area contributed by atoms with Gasteiger partial charge in [0.05, 0.1) is 24.4 Å². The van der Waals surface area contributed by atoms with Gasteiger partial charge in [0, 0.05) is 44.0 Å². The number of ether oxygens (including phenoxy) is 2. The van der Waals surface area contributed by atoms with Crippen molar-refractivity contribution in [2.24, 2.45) is 0 Å². The van der Waals surface area contributed by atoms with Crippen molar-refractivity contribution in [3.05, 3.63) is 89.0 Å². The molecule has 2 aliphatic heterocycles. The zero-order chi connectivity index (χ0) is 24.2. The number of halogens is 1. The molecule has 1 unspecified atom stereocenters. The molecule has 1 amide bonds. The van der Waals surface area contributed by atoms with E-state index in [2.05, 4.69) is 28.1 Å². The van der Waals surface area contributed by atoms with Gasteiger partial charge in [0.2, 0.25) is 0 Å². The molecule has 1 N–H and O–H groups in total. The van der Waals surface area contributed by atoms with Crippen molar-refractivity contribution in [2.75, 3.05) is 32.8 Å². The van der Waals surface area contributed by atoms with Gasteiger partial charge in [-0.15, -0.1) is 0 Å². The minimum absolute atomic E-state index is 0.0420. The van der Waals surface area contributed by atoms with Gasteiger partial charge in [-0.05, 0) is 35.7 Å². The van der Waals surface area contributed by atoms with Crippen LogP contribution in [0.2, 0.25) is 0 Å². The van der Waals surface area contributed by atoms with Crippen LogP contribution in [0.25, 0.3) is 0 Å². The van der Waals surface area contributed by atoms with Crippen LogP contribution in [0.1, 0.15) is 27.0 Å². The third-order valence-electron chi connectivity index (χ3n) is 6.45. The highest BCUT2D eigenvalue weighted by Gasteiger charge is 2.27. The quantitative estimate of drug-likeness (QED) is 0.564. The van der Waals surface area contributed by atoms with Crippen LogP contribution < -0.4 is 9.47 Å². The molecule has 7 nitrogen and oxygen atoms in total. The Labute approximate surface area is 203 Å². The van der Waals surface area contributed by atoms with E-state index < -0.39 is 11.9 Å². The highest BCUT2D eigenvalue weighted by atomic mass is 19.1. The van der Waals surface area contributed by atoms with Crippen LogP contribution in [-0.4, -0.2) is 64.7 Å². The Morgan fingerprint density at radius 1 is 1.11 bits per heavy atom. The molecule has 2 aromatic carbocycles. The van der Waals surface area contributed by atoms with Gasteiger partial charge in [-0.2, -0.15) is 0 Å². The zero-order valence-corrected chi connectivity index (χ0v) is 19.4. The summed E-state index contributed by atoms with van der Waals surface area (Å²) in [4.78, 5) is 20.8. The molecule has 0 aliphatic carbocycles. The minimum atomic E-state index is -0.663. The van der Waals surface area contributed by atoms with Gasteiger partial charge in [0.15, 0.2) is 0 Å². The first kappa shape index (κ1) is 23.3. The number of carbonyl (C=O) groups is 1. The van der Waals surface area contributed by atoms with Crippen LogP contribution in [0.5, 0.6) is 11.5 Å². The average molecular weight is 478 g/mol. The number of benzene rings is 2. The molecule has 182 valence electrons. The molecule has 1 aromatic heterocycles. The highest BCUT2D eigenvalue weighted by molar-refractivity contribution is 5.97. The van der Waals surface area contributed by atoms with Crippen molar-refractivity contribution in [1.29, 1.82) is 0 Å². The van der Waals surface area contributed by atoms with Crippen LogP contribution in [0.3, 0.4) is 0 Å². The maximum atomic E-state index is 13.8. The molecule has 8 heteroatoms. The molecule has 0 spiro atoms. The van der Waals surface area contributed by atoms with E-state index in [1.165, 1.54) is 17.3 Å². The van der Waals surface area contributed by atoms with E-state index in [1.807, 2.05) is 6.07 Å². The first-order chi connectivity index (χ1) is 17.1. The standard InChI is InChI=1S/C27H28FN3O4/c28-25-14-29-9-7-21(25)18-35-23-5-6-24-26(13-23)34-12-11-31(27(24)33)17-22(32)16-30-10-8-19-3-1-2-4-20(19)15-30/h1-7,9,13-14,22,32H,8,10-12,15-18H2. The Hall–Kier alpha value is -3.49. The highest BCUT2D eigenvalue weighted by Crippen LogP contribution is 2.29. The van der Waals surface area contributed by atoms with Gasteiger partial charge in [0.1, 0.15) is 30.5 Å². The molecule has 1 atom stereocenters. The van der Waals surface area contributed by atoms with Gasteiger partial charge in [-0.25, -0.2) is 4.39 Å². The van der Waals surface area contributed by atoms with Crippen LogP contribution in [0, 0.1) is 5.82 Å². The fourth-order valence-corrected chi connectivity index (χ4v) is 4.60. The van der Waals surface area contributed by atoms with Gasteiger partial charge in [-0.1, -0.05) is 24.3 Å². The van der Waals surface area contributed by atoms with E-state index in [0.29, 0.717) is 42.3 Å². The van der Waals surface area contributed by atoms with Crippen molar-refractivity contribution >= 4 is 5.91 Å². The van der Waals surface area contributed by atoms with Gasteiger partial charge < -0.3 is 19.5 Å². The van der Waals surface area contributed by atoms with Crippen LogP contribution in [0.15, 0.2) is 60.9 Å². The SMILES string of the molecule is O=C1c2ccc(OCc3ccncc3F)cc2OCCN1CC(O)CN1CCc2ccccc2C1. The molecule has 2 aliphatic rings. The number of aliphatic hydroxyl groups is 1. The number of β-amino-alcohol motifs (C(OH)–C–C–N with tert-alkyl or cyclic N) is 1. The number of carbonyl (C=O) groups excluding carboxylic acids is 1. The lowest BCUT2D eigenvalue weighted by Crippen LogP contribution is -2.44. The van der Waals surface area contributed by atoms with Crippen molar-refractivity contribution in [3.8, 4) is 11.5 Å². The summed E-state index contributed by atoms with van der Waals surface area (Å²) in [5, 5.41) is 10.8. The lowest BCUT2D eigenvalue weighted by molar-refractivity contribution is 0.0501. The summed E-state index contributed by atoms with van der Waals surface area (Å²) < 4.78 is 25.3. The average Bonchev–Trinajstić information content (AvgIpc) is 3.01. The monoisotopic (exact) mass is 477 g/mol. The number of pyridine rings is 1. The molecule has 0 fully saturated rings. The van der Waals surface area contributed by atoms with E-state index in [9.17, 15) is 14.3 Å². The summed E-state index contributed by atoms with van der Waals surface area (Å²) in [6, 6.07) is 14.9. The van der Waals surface area contributed by atoms with Crippen molar-refractivity contribution in [1.82, 2.24) is 14.8 Å². The molecular weight excluding hydrogens is 449 g/mol. The van der Waals surface area contributed by atoms with Gasteiger partial charge in [0.25, 0.3) is 5.91 Å². The molecular formula is C27H28FN3O4. The Kier molecular flexibility index (Phi) is 6.92. The minimum Gasteiger partial charge on any atom is -0.491 e. The Morgan fingerprint density at radius 3 is 2.83 bits per heavy atom. The summed E-state index contributed by atoms with van der Waals surface area (Å²) in [5.74, 6) is 0.280. The van der Waals surface area contributed by atoms with E-state index in [4.69, 9.17) is 9.47 Å². The van der Waals surface area contributed by atoms with Gasteiger partial charge in [-0.3, -0.25) is 14.7 Å². The molecule has 0 radical (unpaired) electrons. The summed E-state index contributed by atoms with van der Waals surface area (Å²) in [6.07, 6.45) is 2.95. The number of rotatable bonds is 7. The second-order valence-corrected chi connectivity index (χ2v) is 8.92. The summed E-state index contributed by atoms with van der Waals surface area (Å²) >= 11 is 0. The number of hydrogen-bond acceptors (Lipinski definition) is 6. The third-order valence-corrected chi connectivity index (χ3v) is 6.45. The van der Waals surface area contributed by atoms with E-state index in [-0.39, 0.29) is 19.1 Å². The fourth-order valence-electron chi connectivity index (χ4n) is 4.60. The number of aliphatic hydroxyl groups excluding tert-OH is 1. The second-order valence-electron chi connectivity index (χ2n) is 8.92. The summed E-state index contributed by atoms with van der Waals surface area (Å²) in [7, 11) is 0. The molecule has 35 heavy (non-hydrogen) atoms. The third kappa shape index (κ3) is 5.44. The number of fused-ring (bicyclic) bond motifs is 2. The van der Waals surface area contributed by atoms with Crippen molar-refractivity contribution < 1.29 is 23.8 Å². The molecule has 3 heterocycles. The Morgan fingerprint density at radius 2 is 1.97 bits per heavy atom. The zero-order valence-electron chi connectivity index (χ0n) is 19.4. The first-order valence-corrected chi connectivity index (χ1v) is 11.8. The predicted molar refractivity (Wildman–Crippen MR) is 128 cm³/mol. The number of hydrogen-bond donors (Lipinski definition) is 1. The number of nitrogens with zero attached hydrogens (tertiary/aromatic N) is 3. The number of amides is 1. The lowest BCUT2D eigenvalue weighted by atomic mass is 10.00. The molecule has 5 rings (SSSR count). The normalized spacial score (nSPS) is 16.6.